The van der Waals surface area contributed by atoms with E-state index in [1.54, 1.807) is 24.3 Å². The lowest BCUT2D eigenvalue weighted by Crippen LogP contribution is -2.44. The summed E-state index contributed by atoms with van der Waals surface area (Å²) in [6, 6.07) is 15.0. The van der Waals surface area contributed by atoms with Crippen LogP contribution in [0.5, 0.6) is 11.5 Å². The molecule has 206 valence electrons. The van der Waals surface area contributed by atoms with Crippen LogP contribution in [0.2, 0.25) is 0 Å². The van der Waals surface area contributed by atoms with Gasteiger partial charge in [0, 0.05) is 18.3 Å². The van der Waals surface area contributed by atoms with Crippen molar-refractivity contribution in [3.63, 3.8) is 0 Å². The molecule has 1 fully saturated rings. The molecule has 11 heteroatoms. The summed E-state index contributed by atoms with van der Waals surface area (Å²) in [6.07, 6.45) is 4.18. The van der Waals surface area contributed by atoms with Crippen LogP contribution in [0, 0.1) is 23.4 Å². The molecule has 0 aliphatic carbocycles. The van der Waals surface area contributed by atoms with Gasteiger partial charge in [-0.05, 0) is 85.3 Å². The topological polar surface area (TPSA) is 89.4 Å². The molecule has 1 aliphatic heterocycles. The molecule has 3 aromatic carbocycles. The van der Waals surface area contributed by atoms with E-state index in [0.29, 0.717) is 48.6 Å². The van der Waals surface area contributed by atoms with E-state index in [4.69, 9.17) is 4.74 Å². The largest absolute Gasteiger partial charge is 0.457 e. The van der Waals surface area contributed by atoms with Crippen molar-refractivity contribution in [2.24, 2.45) is 5.92 Å². The summed E-state index contributed by atoms with van der Waals surface area (Å²) in [7, 11) is 0. The van der Waals surface area contributed by atoms with Crippen molar-refractivity contribution in [3.8, 4) is 11.5 Å². The van der Waals surface area contributed by atoms with E-state index in [0.717, 1.165) is 6.07 Å². The van der Waals surface area contributed by atoms with Crippen LogP contribution in [-0.4, -0.2) is 44.3 Å². The van der Waals surface area contributed by atoms with Gasteiger partial charge in [0.15, 0.2) is 0 Å². The minimum absolute atomic E-state index is 0.0683. The monoisotopic (exact) mass is 549 g/mol. The molecule has 1 saturated heterocycles. The zero-order chi connectivity index (χ0) is 28.1. The molecule has 0 radical (unpaired) electrons. The highest BCUT2D eigenvalue weighted by Gasteiger charge is 2.39. The number of hydrogen-bond acceptors (Lipinski definition) is 5. The number of rotatable bonds is 9. The molecule has 40 heavy (non-hydrogen) atoms. The number of halogens is 3. The lowest BCUT2D eigenvalue weighted by Gasteiger charge is -2.23. The highest BCUT2D eigenvalue weighted by Crippen LogP contribution is 2.30. The smallest absolute Gasteiger partial charge is 0.247 e. The van der Waals surface area contributed by atoms with E-state index >= 15 is 0 Å². The molecule has 4 aromatic rings. The van der Waals surface area contributed by atoms with Crippen LogP contribution in [0.25, 0.3) is 0 Å². The fourth-order valence-electron chi connectivity index (χ4n) is 4.75. The van der Waals surface area contributed by atoms with Gasteiger partial charge in [0.05, 0.1) is 12.4 Å². The van der Waals surface area contributed by atoms with Crippen molar-refractivity contribution in [1.82, 2.24) is 19.9 Å². The lowest BCUT2D eigenvalue weighted by atomic mass is 9.96. The zero-order valence-corrected chi connectivity index (χ0v) is 21.3. The fraction of sp³-hybridized carbons (Fsp3) is 0.241. The molecule has 2 heterocycles. The standard InChI is InChI=1S/C29H26F3N5O3/c30-21-5-9-24(10-6-21)40-25-11-7-23(8-12-25)35-29(39)27-15-19(1-2-20-3-4-22(31)16-26(20)32)17-36(27)28(38)18-37-33-13-14-34-37/h3-14,16,19,27H,1-2,15,17-18H2,(H,35,39). The summed E-state index contributed by atoms with van der Waals surface area (Å²) >= 11 is 0. The van der Waals surface area contributed by atoms with Crippen molar-refractivity contribution < 1.29 is 27.5 Å². The van der Waals surface area contributed by atoms with Crippen molar-refractivity contribution >= 4 is 17.5 Å². The van der Waals surface area contributed by atoms with Crippen LogP contribution in [-0.2, 0) is 22.6 Å². The van der Waals surface area contributed by atoms with Crippen LogP contribution in [0.4, 0.5) is 18.9 Å². The van der Waals surface area contributed by atoms with Gasteiger partial charge in [-0.15, -0.1) is 0 Å². The lowest BCUT2D eigenvalue weighted by molar-refractivity contribution is -0.137. The summed E-state index contributed by atoms with van der Waals surface area (Å²) in [5.74, 6) is -1.38. The highest BCUT2D eigenvalue weighted by atomic mass is 19.1. The van der Waals surface area contributed by atoms with Crippen molar-refractivity contribution in [3.05, 3.63) is 102 Å². The van der Waals surface area contributed by atoms with E-state index in [2.05, 4.69) is 15.5 Å². The van der Waals surface area contributed by atoms with Gasteiger partial charge in [0.25, 0.3) is 0 Å². The third-order valence-corrected chi connectivity index (χ3v) is 6.76. The number of ether oxygens (including phenoxy) is 1. The van der Waals surface area contributed by atoms with Crippen LogP contribution >= 0.6 is 0 Å². The SMILES string of the molecule is O=C(Nc1ccc(Oc2ccc(F)cc2)cc1)C1CC(CCc2ccc(F)cc2F)CN1C(=O)Cn1nccn1. The van der Waals surface area contributed by atoms with Gasteiger partial charge in [-0.1, -0.05) is 6.07 Å². The maximum absolute atomic E-state index is 14.1. The number of anilines is 1. The van der Waals surface area contributed by atoms with Gasteiger partial charge in [0.1, 0.15) is 41.5 Å². The number of hydrogen-bond donors (Lipinski definition) is 1. The Morgan fingerprint density at radius 1 is 0.900 bits per heavy atom. The summed E-state index contributed by atoms with van der Waals surface area (Å²) in [4.78, 5) is 29.2. The molecular formula is C29H26F3N5O3. The first-order chi connectivity index (χ1) is 19.3. The van der Waals surface area contributed by atoms with Crippen LogP contribution in [0.1, 0.15) is 18.4 Å². The van der Waals surface area contributed by atoms with Crippen LogP contribution in [0.3, 0.4) is 0 Å². The number of aromatic nitrogens is 3. The first-order valence-corrected chi connectivity index (χ1v) is 12.8. The molecule has 1 N–H and O–H groups in total. The Labute approximate surface area is 228 Å². The van der Waals surface area contributed by atoms with E-state index < -0.39 is 17.7 Å². The van der Waals surface area contributed by atoms with Crippen molar-refractivity contribution in [2.45, 2.75) is 31.8 Å². The Balaban J connectivity index is 1.25. The van der Waals surface area contributed by atoms with Gasteiger partial charge < -0.3 is 15.0 Å². The molecule has 1 aliphatic rings. The first kappa shape index (κ1) is 26.9. The Morgan fingerprint density at radius 3 is 2.23 bits per heavy atom. The first-order valence-electron chi connectivity index (χ1n) is 12.8. The maximum Gasteiger partial charge on any atom is 0.247 e. The number of carbonyl (C=O) groups excluding carboxylic acids is 2. The number of benzene rings is 3. The third kappa shape index (κ3) is 6.66. The quantitative estimate of drug-likeness (QED) is 0.318. The number of nitrogens with one attached hydrogen (secondary N) is 1. The number of carbonyl (C=O) groups is 2. The number of aryl methyl sites for hydroxylation is 1. The Hall–Kier alpha value is -4.67. The molecule has 8 nitrogen and oxygen atoms in total. The molecule has 2 atom stereocenters. The van der Waals surface area contributed by atoms with E-state index in [1.807, 2.05) is 0 Å². The Kier molecular flexibility index (Phi) is 8.09. The Bertz CT molecular complexity index is 1460. The summed E-state index contributed by atoms with van der Waals surface area (Å²) in [5.41, 5.74) is 0.894. The molecule has 0 saturated carbocycles. The normalized spacial score (nSPS) is 16.6. The summed E-state index contributed by atoms with van der Waals surface area (Å²) < 4.78 is 46.2. The molecule has 0 bridgehead atoms. The van der Waals surface area contributed by atoms with E-state index in [-0.39, 0.29) is 30.1 Å². The summed E-state index contributed by atoms with van der Waals surface area (Å²) in [6.45, 7) is 0.191. The fourth-order valence-corrected chi connectivity index (χ4v) is 4.75. The maximum atomic E-state index is 14.1. The number of amides is 2. The van der Waals surface area contributed by atoms with Crippen LogP contribution in [0.15, 0.2) is 79.1 Å². The Morgan fingerprint density at radius 2 is 1.55 bits per heavy atom. The predicted molar refractivity (Wildman–Crippen MR) is 140 cm³/mol. The van der Waals surface area contributed by atoms with Gasteiger partial charge in [0.2, 0.25) is 11.8 Å². The van der Waals surface area contributed by atoms with E-state index in [1.165, 1.54) is 58.5 Å². The minimum Gasteiger partial charge on any atom is -0.457 e. The number of likely N-dealkylation sites (tertiary alicyclic amines) is 1. The second-order valence-corrected chi connectivity index (χ2v) is 9.57. The zero-order valence-electron chi connectivity index (χ0n) is 21.3. The molecule has 0 spiro atoms. The highest BCUT2D eigenvalue weighted by molar-refractivity contribution is 5.97. The average molecular weight is 550 g/mol. The van der Waals surface area contributed by atoms with Crippen LogP contribution < -0.4 is 10.1 Å². The minimum atomic E-state index is -0.749. The van der Waals surface area contributed by atoms with Gasteiger partial charge in [-0.3, -0.25) is 9.59 Å². The molecule has 5 rings (SSSR count). The van der Waals surface area contributed by atoms with Gasteiger partial charge in [-0.2, -0.15) is 15.0 Å². The predicted octanol–water partition coefficient (Wildman–Crippen LogP) is 4.98. The molecule has 2 unspecified atom stereocenters. The average Bonchev–Trinajstić information content (AvgIpc) is 3.61. The second-order valence-electron chi connectivity index (χ2n) is 9.57. The molecular weight excluding hydrogens is 523 g/mol. The second kappa shape index (κ2) is 12.0. The summed E-state index contributed by atoms with van der Waals surface area (Å²) in [5, 5.41) is 10.8. The number of nitrogens with zero attached hydrogens (tertiary/aromatic N) is 4. The van der Waals surface area contributed by atoms with Crippen molar-refractivity contribution in [2.75, 3.05) is 11.9 Å². The van der Waals surface area contributed by atoms with Crippen molar-refractivity contribution in [1.29, 1.82) is 0 Å². The molecule has 2 amide bonds. The van der Waals surface area contributed by atoms with E-state index in [9.17, 15) is 22.8 Å². The molecule has 1 aromatic heterocycles. The van der Waals surface area contributed by atoms with Gasteiger partial charge >= 0.3 is 0 Å². The third-order valence-electron chi connectivity index (χ3n) is 6.76. The van der Waals surface area contributed by atoms with Gasteiger partial charge in [-0.25, -0.2) is 13.2 Å².